The molecule has 0 aliphatic carbocycles. The number of nitrogens with zero attached hydrogens (tertiary/aromatic N) is 1. The second-order valence-corrected chi connectivity index (χ2v) is 6.48. The van der Waals surface area contributed by atoms with Gasteiger partial charge in [0.25, 0.3) is 0 Å². The Balaban J connectivity index is 3.69. The number of carbonyl (C=O) groups excluding carboxylic acids is 1. The van der Waals surface area contributed by atoms with Crippen LogP contribution < -0.4 is 5.32 Å². The van der Waals surface area contributed by atoms with Crippen molar-refractivity contribution in [3.05, 3.63) is 12.2 Å². The Kier molecular flexibility index (Phi) is 17.8. The molecule has 0 radical (unpaired) electrons. The third-order valence-corrected chi connectivity index (χ3v) is 4.15. The minimum Gasteiger partial charge on any atom is -0.395 e. The summed E-state index contributed by atoms with van der Waals surface area (Å²) in [7, 11) is 0. The largest absolute Gasteiger partial charge is 0.395 e. The average molecular weight is 341 g/mol. The van der Waals surface area contributed by atoms with Crippen molar-refractivity contribution in [2.24, 2.45) is 0 Å². The highest BCUT2D eigenvalue weighted by Gasteiger charge is 2.05. The van der Waals surface area contributed by atoms with Gasteiger partial charge in [0.15, 0.2) is 0 Å². The third-order valence-electron chi connectivity index (χ3n) is 4.15. The van der Waals surface area contributed by atoms with E-state index in [2.05, 4.69) is 36.2 Å². The smallest absolute Gasteiger partial charge is 0.220 e. The summed E-state index contributed by atoms with van der Waals surface area (Å²) in [5, 5.41) is 12.2. The number of rotatable bonds is 17. The van der Waals surface area contributed by atoms with Gasteiger partial charge < -0.3 is 10.4 Å². The van der Waals surface area contributed by atoms with E-state index < -0.39 is 0 Å². The molecule has 4 heteroatoms. The molecule has 1 amide bonds. The van der Waals surface area contributed by atoms with Gasteiger partial charge in [-0.1, -0.05) is 64.5 Å². The van der Waals surface area contributed by atoms with Crippen LogP contribution in [0, 0.1) is 0 Å². The Morgan fingerprint density at radius 3 is 2.33 bits per heavy atom. The van der Waals surface area contributed by atoms with Crippen molar-refractivity contribution in [2.75, 3.05) is 32.8 Å². The molecule has 142 valence electrons. The van der Waals surface area contributed by atoms with Crippen LogP contribution in [-0.4, -0.2) is 48.7 Å². The predicted octanol–water partition coefficient (Wildman–Crippen LogP) is 3.89. The fourth-order valence-electron chi connectivity index (χ4n) is 2.65. The zero-order chi connectivity index (χ0) is 17.9. The zero-order valence-electron chi connectivity index (χ0n) is 16.1. The minimum atomic E-state index is 0.125. The lowest BCUT2D eigenvalue weighted by molar-refractivity contribution is -0.121. The number of unbranched alkanes of at least 4 members (excludes halogenated alkanes) is 6. The molecule has 24 heavy (non-hydrogen) atoms. The molecule has 0 aromatic carbocycles. The van der Waals surface area contributed by atoms with Crippen molar-refractivity contribution in [1.82, 2.24) is 10.2 Å². The lowest BCUT2D eigenvalue weighted by atomic mass is 10.1. The molecule has 0 heterocycles. The van der Waals surface area contributed by atoms with Crippen LogP contribution in [0.25, 0.3) is 0 Å². The Labute approximate surface area is 149 Å². The van der Waals surface area contributed by atoms with Crippen LogP contribution in [0.2, 0.25) is 0 Å². The van der Waals surface area contributed by atoms with Crippen LogP contribution in [0.15, 0.2) is 12.2 Å². The van der Waals surface area contributed by atoms with Crippen LogP contribution in [0.4, 0.5) is 0 Å². The van der Waals surface area contributed by atoms with E-state index in [0.717, 1.165) is 32.4 Å². The molecule has 0 bridgehead atoms. The Bertz CT molecular complexity index is 306. The first kappa shape index (κ1) is 23.1. The first-order chi connectivity index (χ1) is 11.7. The molecule has 0 atom stereocenters. The van der Waals surface area contributed by atoms with E-state index in [1.807, 2.05) is 0 Å². The normalized spacial score (nSPS) is 11.5. The van der Waals surface area contributed by atoms with Gasteiger partial charge >= 0.3 is 0 Å². The summed E-state index contributed by atoms with van der Waals surface area (Å²) in [5.41, 5.74) is 0. The van der Waals surface area contributed by atoms with Gasteiger partial charge in [-0.15, -0.1) is 0 Å². The van der Waals surface area contributed by atoms with Crippen molar-refractivity contribution in [2.45, 2.75) is 78.1 Å². The monoisotopic (exact) mass is 340 g/mol. The lowest BCUT2D eigenvalue weighted by Crippen LogP contribution is -2.36. The zero-order valence-corrected chi connectivity index (χ0v) is 16.1. The minimum absolute atomic E-state index is 0.125. The predicted molar refractivity (Wildman–Crippen MR) is 103 cm³/mol. The van der Waals surface area contributed by atoms with Gasteiger partial charge in [0, 0.05) is 26.1 Å². The molecule has 0 saturated heterocycles. The fourth-order valence-corrected chi connectivity index (χ4v) is 2.65. The summed E-state index contributed by atoms with van der Waals surface area (Å²) in [4.78, 5) is 14.0. The number of hydrogen-bond acceptors (Lipinski definition) is 3. The third kappa shape index (κ3) is 16.0. The molecule has 0 spiro atoms. The second-order valence-electron chi connectivity index (χ2n) is 6.48. The number of allylic oxidation sites excluding steroid dienone is 2. The van der Waals surface area contributed by atoms with E-state index in [0.29, 0.717) is 19.5 Å². The molecule has 0 aromatic rings. The van der Waals surface area contributed by atoms with E-state index in [-0.39, 0.29) is 12.5 Å². The molecule has 4 nitrogen and oxygen atoms in total. The molecule has 0 rings (SSSR count). The average Bonchev–Trinajstić information content (AvgIpc) is 2.57. The van der Waals surface area contributed by atoms with Gasteiger partial charge in [-0.05, 0) is 25.8 Å². The Morgan fingerprint density at radius 1 is 0.917 bits per heavy atom. The van der Waals surface area contributed by atoms with Gasteiger partial charge in [-0.25, -0.2) is 0 Å². The van der Waals surface area contributed by atoms with Crippen molar-refractivity contribution < 1.29 is 9.90 Å². The van der Waals surface area contributed by atoms with E-state index in [1.54, 1.807) is 0 Å². The molecular formula is C20H40N2O2. The summed E-state index contributed by atoms with van der Waals surface area (Å²) in [6, 6.07) is 0. The molecule has 0 aliphatic rings. The van der Waals surface area contributed by atoms with Gasteiger partial charge in [0.1, 0.15) is 0 Å². The van der Waals surface area contributed by atoms with Crippen LogP contribution in [-0.2, 0) is 4.79 Å². The van der Waals surface area contributed by atoms with E-state index in [9.17, 15) is 4.79 Å². The van der Waals surface area contributed by atoms with Crippen molar-refractivity contribution in [3.8, 4) is 0 Å². The van der Waals surface area contributed by atoms with Crippen molar-refractivity contribution in [3.63, 3.8) is 0 Å². The number of hydrogen-bond donors (Lipinski definition) is 2. The summed E-state index contributed by atoms with van der Waals surface area (Å²) in [6.07, 6.45) is 15.6. The molecule has 2 N–H and O–H groups in total. The van der Waals surface area contributed by atoms with Crippen LogP contribution >= 0.6 is 0 Å². The summed E-state index contributed by atoms with van der Waals surface area (Å²) >= 11 is 0. The standard InChI is InChI=1S/C20H40N2O2/c1-3-5-7-9-11-13-16-22(18-19-23)17-15-21-20(24)14-12-10-8-6-4-2/h8,10,23H,3-7,9,11-19H2,1-2H3,(H,21,24)/b10-8+. The number of amides is 1. The topological polar surface area (TPSA) is 52.6 Å². The quantitative estimate of drug-likeness (QED) is 0.312. The van der Waals surface area contributed by atoms with Crippen molar-refractivity contribution in [1.29, 1.82) is 0 Å². The molecule has 0 unspecified atom stereocenters. The summed E-state index contributed by atoms with van der Waals surface area (Å²) < 4.78 is 0. The van der Waals surface area contributed by atoms with Crippen LogP contribution in [0.1, 0.15) is 78.1 Å². The maximum atomic E-state index is 11.8. The Morgan fingerprint density at radius 2 is 1.62 bits per heavy atom. The van der Waals surface area contributed by atoms with Crippen molar-refractivity contribution >= 4 is 5.91 Å². The van der Waals surface area contributed by atoms with Gasteiger partial charge in [0.2, 0.25) is 5.91 Å². The number of carbonyl (C=O) groups is 1. The van der Waals surface area contributed by atoms with E-state index in [1.165, 1.54) is 38.5 Å². The number of aliphatic hydroxyl groups excluding tert-OH is 1. The number of aliphatic hydroxyl groups is 1. The first-order valence-electron chi connectivity index (χ1n) is 9.99. The maximum Gasteiger partial charge on any atom is 0.220 e. The SMILES string of the molecule is CCC/C=C/CCC(=O)NCCN(CCO)CCCCCCCC. The maximum absolute atomic E-state index is 11.8. The first-order valence-corrected chi connectivity index (χ1v) is 9.99. The van der Waals surface area contributed by atoms with Crippen LogP contribution in [0.3, 0.4) is 0 Å². The van der Waals surface area contributed by atoms with Gasteiger partial charge in [-0.2, -0.15) is 0 Å². The summed E-state index contributed by atoms with van der Waals surface area (Å²) in [6.45, 7) is 7.79. The fraction of sp³-hybridized carbons (Fsp3) is 0.850. The number of nitrogens with one attached hydrogen (secondary N) is 1. The molecule has 0 aliphatic heterocycles. The summed E-state index contributed by atoms with van der Waals surface area (Å²) in [5.74, 6) is 0.125. The van der Waals surface area contributed by atoms with Gasteiger partial charge in [0.05, 0.1) is 6.61 Å². The van der Waals surface area contributed by atoms with Crippen LogP contribution in [0.5, 0.6) is 0 Å². The Hall–Kier alpha value is -0.870. The molecular weight excluding hydrogens is 300 g/mol. The molecule has 0 aromatic heterocycles. The highest BCUT2D eigenvalue weighted by atomic mass is 16.3. The van der Waals surface area contributed by atoms with Gasteiger partial charge in [-0.3, -0.25) is 9.69 Å². The highest BCUT2D eigenvalue weighted by Crippen LogP contribution is 2.05. The molecule has 0 fully saturated rings. The molecule has 0 saturated carbocycles. The lowest BCUT2D eigenvalue weighted by Gasteiger charge is -2.21. The van der Waals surface area contributed by atoms with E-state index in [4.69, 9.17) is 5.11 Å². The van der Waals surface area contributed by atoms with E-state index >= 15 is 0 Å². The second kappa shape index (κ2) is 18.5. The highest BCUT2D eigenvalue weighted by molar-refractivity contribution is 5.75.